The summed E-state index contributed by atoms with van der Waals surface area (Å²) in [6, 6.07) is 10.9. The fraction of sp³-hybridized carbons (Fsp3) is 0.550. The van der Waals surface area contributed by atoms with Gasteiger partial charge in [0, 0.05) is 33.1 Å². The highest BCUT2D eigenvalue weighted by Crippen LogP contribution is 2.51. The van der Waals surface area contributed by atoms with Gasteiger partial charge in [0.25, 0.3) is 0 Å². The molecule has 3 aliphatic rings. The molecular weight excluding hydrogens is 677 g/mol. The Kier molecular flexibility index (Phi) is 10.9. The minimum atomic E-state index is -4.96. The van der Waals surface area contributed by atoms with Gasteiger partial charge in [-0.05, 0) is 53.2 Å². The van der Waals surface area contributed by atoms with Gasteiger partial charge < -0.3 is 34.1 Å². The molecule has 0 fully saturated rings. The molecule has 3 aliphatic heterocycles. The van der Waals surface area contributed by atoms with Crippen LogP contribution >= 0.6 is 0 Å². The highest BCUT2D eigenvalue weighted by atomic mass is 19.4. The van der Waals surface area contributed by atoms with E-state index in [1.807, 2.05) is 18.2 Å². The molecule has 0 saturated heterocycles. The Balaban J connectivity index is 0.000000239. The Bertz CT molecular complexity index is 1810. The summed E-state index contributed by atoms with van der Waals surface area (Å²) in [6.07, 6.45) is -5.77. The second kappa shape index (κ2) is 14.0. The number of rotatable bonds is 6. The molecule has 52 heavy (non-hydrogen) atoms. The molecule has 0 amide bonds. The molecular formula is C40H53F3N2O7. The molecule has 0 bridgehead atoms. The van der Waals surface area contributed by atoms with E-state index in [1.165, 1.54) is 12.7 Å². The topological polar surface area (TPSA) is 111 Å². The van der Waals surface area contributed by atoms with Gasteiger partial charge in [0.05, 0.1) is 45.3 Å². The predicted octanol–water partition coefficient (Wildman–Crippen LogP) is 9.59. The molecule has 2 aromatic carbocycles. The van der Waals surface area contributed by atoms with Crippen molar-refractivity contribution < 1.29 is 47.3 Å². The van der Waals surface area contributed by atoms with Gasteiger partial charge in [-0.3, -0.25) is 0 Å². The van der Waals surface area contributed by atoms with E-state index in [1.54, 1.807) is 32.2 Å². The molecule has 12 heteroatoms. The number of ether oxygens (including phenoxy) is 4. The molecule has 1 atom stereocenters. The first-order chi connectivity index (χ1) is 23.8. The minimum Gasteiger partial charge on any atom is -0.496 e. The Morgan fingerprint density at radius 2 is 1.25 bits per heavy atom. The molecule has 0 radical (unpaired) electrons. The lowest BCUT2D eigenvalue weighted by Gasteiger charge is -2.31. The summed E-state index contributed by atoms with van der Waals surface area (Å²) >= 11 is 0. The van der Waals surface area contributed by atoms with Crippen molar-refractivity contribution in [3.63, 3.8) is 0 Å². The number of aliphatic hydroxyl groups is 1. The number of halogens is 3. The molecule has 0 saturated carbocycles. The Labute approximate surface area is 305 Å². The second-order valence-corrected chi connectivity index (χ2v) is 16.9. The van der Waals surface area contributed by atoms with Gasteiger partial charge in [0.2, 0.25) is 0 Å². The van der Waals surface area contributed by atoms with Crippen molar-refractivity contribution in [3.05, 3.63) is 69.8 Å². The summed E-state index contributed by atoms with van der Waals surface area (Å²) in [7, 11) is 3.04. The van der Waals surface area contributed by atoms with E-state index in [0.29, 0.717) is 36.0 Å². The number of methoxy groups -OCH3 is 2. The van der Waals surface area contributed by atoms with Crippen LogP contribution in [0.4, 0.5) is 13.2 Å². The second-order valence-electron chi connectivity index (χ2n) is 16.9. The van der Waals surface area contributed by atoms with Crippen LogP contribution < -0.4 is 9.47 Å². The van der Waals surface area contributed by atoms with Crippen LogP contribution in [0.5, 0.6) is 11.5 Å². The van der Waals surface area contributed by atoms with Gasteiger partial charge in [-0.25, -0.2) is 0 Å². The third kappa shape index (κ3) is 7.91. The molecule has 286 valence electrons. The normalized spacial score (nSPS) is 21.6. The van der Waals surface area contributed by atoms with E-state index in [4.69, 9.17) is 24.2 Å². The van der Waals surface area contributed by atoms with Crippen LogP contribution in [0, 0.1) is 21.7 Å². The number of alkyl halides is 3. The minimum absolute atomic E-state index is 0.00195. The molecule has 0 aliphatic carbocycles. The van der Waals surface area contributed by atoms with Crippen LogP contribution in [0.1, 0.15) is 105 Å². The molecule has 3 heterocycles. The lowest BCUT2D eigenvalue weighted by atomic mass is 9.71. The average molecular weight is 731 g/mol. The number of hydrogen-bond donors (Lipinski definition) is 2. The Hall–Kier alpha value is -4.19. The van der Waals surface area contributed by atoms with E-state index < -0.39 is 18.4 Å². The van der Waals surface area contributed by atoms with Crippen LogP contribution in [-0.4, -0.2) is 61.1 Å². The molecule has 9 nitrogen and oxygen atoms in total. The molecule has 0 spiro atoms. The van der Waals surface area contributed by atoms with E-state index in [9.17, 15) is 18.3 Å². The third-order valence-corrected chi connectivity index (χ3v) is 9.40. The third-order valence-electron chi connectivity index (χ3n) is 9.40. The monoisotopic (exact) mass is 730 g/mol. The van der Waals surface area contributed by atoms with Gasteiger partial charge in [-0.2, -0.15) is 13.2 Å². The van der Waals surface area contributed by atoms with E-state index in [-0.39, 0.29) is 27.4 Å². The van der Waals surface area contributed by atoms with Crippen molar-refractivity contribution in [2.75, 3.05) is 27.4 Å². The first-order valence-corrected chi connectivity index (χ1v) is 17.2. The van der Waals surface area contributed by atoms with Crippen LogP contribution in [-0.2, 0) is 14.3 Å². The van der Waals surface area contributed by atoms with E-state index in [2.05, 4.69) is 84.4 Å². The number of hydrogen-bond acceptors (Lipinski definition) is 9. The van der Waals surface area contributed by atoms with Crippen LogP contribution in [0.2, 0.25) is 0 Å². The first kappa shape index (κ1) is 40.6. The quantitative estimate of drug-likeness (QED) is 0.173. The highest BCUT2D eigenvalue weighted by Gasteiger charge is 2.60. The van der Waals surface area contributed by atoms with Crippen LogP contribution in [0.25, 0.3) is 11.5 Å². The largest absolute Gasteiger partial charge is 0.496 e. The summed E-state index contributed by atoms with van der Waals surface area (Å²) in [6.45, 7) is 24.6. The summed E-state index contributed by atoms with van der Waals surface area (Å²) in [4.78, 5) is 4.32. The van der Waals surface area contributed by atoms with Gasteiger partial charge in [0.15, 0.2) is 0 Å². The molecule has 5 rings (SSSR count). The van der Waals surface area contributed by atoms with Crippen molar-refractivity contribution in [1.29, 1.82) is 0 Å². The van der Waals surface area contributed by atoms with Gasteiger partial charge in [-0.1, -0.05) is 91.7 Å². The first-order valence-electron chi connectivity index (χ1n) is 17.2. The maximum Gasteiger partial charge on any atom is 0.458 e. The molecule has 2 aromatic rings. The van der Waals surface area contributed by atoms with Crippen molar-refractivity contribution in [2.24, 2.45) is 32.0 Å². The summed E-state index contributed by atoms with van der Waals surface area (Å²) in [5, 5.41) is 25.4. The maximum absolute atomic E-state index is 13.0. The standard InChI is InChI=1S/C21H26F3NO4.C19H27NO3/c1-18(2,3)17-16(28-11-19(17,4)5)12-7-8-13(15(9-12)27-6)14-10-20(26,29-25-14)21(22,23)24;1-12(20-21)14-9-8-13(10-15(14)22-7)16-17(18(2,3)4)19(5,6)11-23-16/h7-9,26H,10-11H2,1-6H3;8-10,21H,11H2,1-7H3/b;20-12+. The predicted molar refractivity (Wildman–Crippen MR) is 195 cm³/mol. The Morgan fingerprint density at radius 1 is 0.788 bits per heavy atom. The van der Waals surface area contributed by atoms with Gasteiger partial charge >= 0.3 is 12.0 Å². The van der Waals surface area contributed by atoms with Crippen molar-refractivity contribution >= 4 is 22.9 Å². The lowest BCUT2D eigenvalue weighted by molar-refractivity contribution is -0.355. The zero-order chi connectivity index (χ0) is 39.2. The van der Waals surface area contributed by atoms with Crippen LogP contribution in [0.15, 0.2) is 57.9 Å². The zero-order valence-electron chi connectivity index (χ0n) is 32.5. The smallest absolute Gasteiger partial charge is 0.458 e. The Morgan fingerprint density at radius 3 is 1.65 bits per heavy atom. The van der Waals surface area contributed by atoms with Gasteiger partial charge in [-0.15, -0.1) is 0 Å². The van der Waals surface area contributed by atoms with Gasteiger partial charge in [0.1, 0.15) is 23.0 Å². The maximum atomic E-state index is 13.0. The number of benzene rings is 2. The summed E-state index contributed by atoms with van der Waals surface area (Å²) < 4.78 is 62.0. The zero-order valence-corrected chi connectivity index (χ0v) is 32.5. The van der Waals surface area contributed by atoms with Crippen LogP contribution in [0.3, 0.4) is 0 Å². The SMILES string of the molecule is COc1cc(C2=C(C(C)(C)C)C(C)(C)CO2)ccc1/C(C)=N/O.COc1cc(C2=C(C(C)(C)C)C(C)(C)CO2)ccc1C1=NOC(O)(C(F)(F)F)C1. The molecule has 0 aromatic heterocycles. The van der Waals surface area contributed by atoms with Crippen molar-refractivity contribution in [3.8, 4) is 11.5 Å². The lowest BCUT2D eigenvalue weighted by Crippen LogP contribution is -2.45. The average Bonchev–Trinajstić information content (AvgIpc) is 3.71. The number of oxime groups is 2. The molecule has 1 unspecified atom stereocenters. The molecule has 2 N–H and O–H groups in total. The van der Waals surface area contributed by atoms with Crippen molar-refractivity contribution in [2.45, 2.75) is 94.5 Å². The number of nitrogens with zero attached hydrogens (tertiary/aromatic N) is 2. The van der Waals surface area contributed by atoms with E-state index >= 15 is 0 Å². The van der Waals surface area contributed by atoms with Crippen molar-refractivity contribution in [1.82, 2.24) is 0 Å². The summed E-state index contributed by atoms with van der Waals surface area (Å²) in [5.41, 5.74) is 5.56. The van der Waals surface area contributed by atoms with E-state index in [0.717, 1.165) is 33.8 Å². The fourth-order valence-electron chi connectivity index (χ4n) is 7.55. The fourth-order valence-corrected chi connectivity index (χ4v) is 7.55. The summed E-state index contributed by atoms with van der Waals surface area (Å²) in [5.74, 6) is -0.640. The highest BCUT2D eigenvalue weighted by molar-refractivity contribution is 6.04.